The Labute approximate surface area is 157 Å². The number of carbonyl (C=O) groups is 1. The average molecular weight is 372 g/mol. The number of hydrazone groups is 1. The molecule has 0 aliphatic carbocycles. The molecule has 0 radical (unpaired) electrons. The minimum atomic E-state index is -0.259. The predicted molar refractivity (Wildman–Crippen MR) is 106 cm³/mol. The zero-order chi connectivity index (χ0) is 18.8. The second-order valence-corrected chi connectivity index (χ2v) is 5.52. The first-order valence-electron chi connectivity index (χ1n) is 7.91. The van der Waals surface area contributed by atoms with E-state index >= 15 is 0 Å². The molecule has 0 unspecified atom stereocenters. The molecular formula is C18H20N4O3S. The maximum absolute atomic E-state index is 12.0. The van der Waals surface area contributed by atoms with Gasteiger partial charge in [0, 0.05) is 5.69 Å². The van der Waals surface area contributed by atoms with Crippen LogP contribution in [0.25, 0.3) is 0 Å². The molecule has 0 aliphatic rings. The van der Waals surface area contributed by atoms with E-state index in [1.807, 2.05) is 25.1 Å². The summed E-state index contributed by atoms with van der Waals surface area (Å²) in [4.78, 5) is 12.0. The fourth-order valence-electron chi connectivity index (χ4n) is 2.02. The van der Waals surface area contributed by atoms with Crippen LogP contribution >= 0.6 is 12.2 Å². The van der Waals surface area contributed by atoms with Gasteiger partial charge in [-0.2, -0.15) is 5.10 Å². The number of hydrogen-bond donors (Lipinski definition) is 3. The van der Waals surface area contributed by atoms with Crippen molar-refractivity contribution in [2.24, 2.45) is 10.8 Å². The SMILES string of the molecule is CCOc1cc(C=NNC(N)=S)ccc1OCC(=O)Nc1ccccc1. The third-order valence-electron chi connectivity index (χ3n) is 3.07. The third-order valence-corrected chi connectivity index (χ3v) is 3.16. The van der Waals surface area contributed by atoms with Crippen LogP contribution < -0.4 is 25.9 Å². The van der Waals surface area contributed by atoms with Crippen LogP contribution in [-0.4, -0.2) is 30.4 Å². The number of benzene rings is 2. The first-order chi connectivity index (χ1) is 12.6. The Hall–Kier alpha value is -3.13. The summed E-state index contributed by atoms with van der Waals surface area (Å²) in [5, 5.41) is 6.73. The molecule has 2 rings (SSSR count). The van der Waals surface area contributed by atoms with E-state index < -0.39 is 0 Å². The summed E-state index contributed by atoms with van der Waals surface area (Å²) in [6.07, 6.45) is 1.55. The molecule has 0 atom stereocenters. The standard InChI is InChI=1S/C18H20N4O3S/c1-2-24-16-10-13(11-20-22-18(19)26)8-9-15(16)25-12-17(23)21-14-6-4-3-5-7-14/h3-11H,2,12H2,1H3,(H,21,23)(H3,19,22,26). The van der Waals surface area contributed by atoms with Crippen LogP contribution in [0.5, 0.6) is 11.5 Å². The van der Waals surface area contributed by atoms with Crippen LogP contribution in [0.15, 0.2) is 53.6 Å². The summed E-state index contributed by atoms with van der Waals surface area (Å²) in [5.74, 6) is 0.721. The number of ether oxygens (including phenoxy) is 2. The van der Waals surface area contributed by atoms with E-state index in [0.29, 0.717) is 23.8 Å². The Kier molecular flexibility index (Phi) is 7.38. The predicted octanol–water partition coefficient (Wildman–Crippen LogP) is 2.27. The van der Waals surface area contributed by atoms with Crippen molar-refractivity contribution in [3.8, 4) is 11.5 Å². The van der Waals surface area contributed by atoms with Gasteiger partial charge < -0.3 is 20.5 Å². The van der Waals surface area contributed by atoms with Crippen molar-refractivity contribution >= 4 is 35.1 Å². The highest BCUT2D eigenvalue weighted by atomic mass is 32.1. The zero-order valence-electron chi connectivity index (χ0n) is 14.3. The van der Waals surface area contributed by atoms with Crippen molar-refractivity contribution in [3.05, 3.63) is 54.1 Å². The molecule has 136 valence electrons. The number of nitrogens with two attached hydrogens (primary N) is 1. The van der Waals surface area contributed by atoms with E-state index in [9.17, 15) is 4.79 Å². The summed E-state index contributed by atoms with van der Waals surface area (Å²) in [7, 11) is 0. The molecule has 0 saturated carbocycles. The molecule has 7 nitrogen and oxygen atoms in total. The van der Waals surface area contributed by atoms with Gasteiger partial charge in [0.25, 0.3) is 5.91 Å². The lowest BCUT2D eigenvalue weighted by molar-refractivity contribution is -0.118. The molecule has 0 aliphatic heterocycles. The highest BCUT2D eigenvalue weighted by Crippen LogP contribution is 2.28. The fraction of sp³-hybridized carbons (Fsp3) is 0.167. The lowest BCUT2D eigenvalue weighted by Crippen LogP contribution is -2.24. The molecule has 1 amide bonds. The van der Waals surface area contributed by atoms with Crippen molar-refractivity contribution in [2.45, 2.75) is 6.92 Å². The van der Waals surface area contributed by atoms with Gasteiger partial charge in [0.1, 0.15) is 0 Å². The molecule has 0 fully saturated rings. The fourth-order valence-corrected chi connectivity index (χ4v) is 2.08. The van der Waals surface area contributed by atoms with Gasteiger partial charge in [-0.05, 0) is 55.0 Å². The van der Waals surface area contributed by atoms with Gasteiger partial charge in [-0.1, -0.05) is 18.2 Å². The maximum atomic E-state index is 12.0. The molecule has 26 heavy (non-hydrogen) atoms. The monoisotopic (exact) mass is 372 g/mol. The minimum absolute atomic E-state index is 0.0793. The van der Waals surface area contributed by atoms with Gasteiger partial charge in [-0.25, -0.2) is 0 Å². The van der Waals surface area contributed by atoms with E-state index in [-0.39, 0.29) is 17.6 Å². The lowest BCUT2D eigenvalue weighted by atomic mass is 10.2. The highest BCUT2D eigenvalue weighted by molar-refractivity contribution is 7.80. The zero-order valence-corrected chi connectivity index (χ0v) is 15.1. The number of amides is 1. The number of para-hydroxylation sites is 1. The number of anilines is 1. The molecule has 4 N–H and O–H groups in total. The summed E-state index contributed by atoms with van der Waals surface area (Å²) >= 11 is 4.68. The number of nitrogens with zero attached hydrogens (tertiary/aromatic N) is 1. The van der Waals surface area contributed by atoms with Crippen molar-refractivity contribution < 1.29 is 14.3 Å². The molecule has 0 heterocycles. The van der Waals surface area contributed by atoms with E-state index in [0.717, 1.165) is 5.56 Å². The average Bonchev–Trinajstić information content (AvgIpc) is 2.62. The van der Waals surface area contributed by atoms with Crippen LogP contribution in [-0.2, 0) is 4.79 Å². The minimum Gasteiger partial charge on any atom is -0.490 e. The van der Waals surface area contributed by atoms with Crippen LogP contribution in [0, 0.1) is 0 Å². The highest BCUT2D eigenvalue weighted by Gasteiger charge is 2.09. The molecule has 2 aromatic carbocycles. The van der Waals surface area contributed by atoms with Crippen molar-refractivity contribution in [2.75, 3.05) is 18.5 Å². The molecule has 0 saturated heterocycles. The summed E-state index contributed by atoms with van der Waals surface area (Å²) in [5.41, 5.74) is 9.26. The largest absolute Gasteiger partial charge is 0.490 e. The van der Waals surface area contributed by atoms with Gasteiger partial charge in [-0.15, -0.1) is 0 Å². The summed E-state index contributed by atoms with van der Waals surface area (Å²) in [6.45, 7) is 2.19. The lowest BCUT2D eigenvalue weighted by Gasteiger charge is -2.12. The quantitative estimate of drug-likeness (QED) is 0.374. The molecule has 0 bridgehead atoms. The van der Waals surface area contributed by atoms with Crippen LogP contribution in [0.1, 0.15) is 12.5 Å². The van der Waals surface area contributed by atoms with Gasteiger partial charge >= 0.3 is 0 Å². The first kappa shape index (κ1) is 19.2. The normalized spacial score (nSPS) is 10.3. The van der Waals surface area contributed by atoms with Gasteiger partial charge in [-0.3, -0.25) is 10.2 Å². The van der Waals surface area contributed by atoms with Gasteiger partial charge in [0.05, 0.1) is 12.8 Å². The van der Waals surface area contributed by atoms with Crippen LogP contribution in [0.2, 0.25) is 0 Å². The Balaban J connectivity index is 1.99. The second-order valence-electron chi connectivity index (χ2n) is 5.08. The number of carbonyl (C=O) groups excluding carboxylic acids is 1. The second kappa shape index (κ2) is 10.00. The Morgan fingerprint density at radius 2 is 1.96 bits per heavy atom. The first-order valence-corrected chi connectivity index (χ1v) is 8.32. The molecule has 2 aromatic rings. The van der Waals surface area contributed by atoms with E-state index in [4.69, 9.17) is 15.2 Å². The van der Waals surface area contributed by atoms with E-state index in [2.05, 4.69) is 28.1 Å². The molecule has 0 spiro atoms. The van der Waals surface area contributed by atoms with Gasteiger partial charge in [0.15, 0.2) is 23.2 Å². The van der Waals surface area contributed by atoms with Crippen molar-refractivity contribution in [1.29, 1.82) is 0 Å². The van der Waals surface area contributed by atoms with E-state index in [1.54, 1.807) is 36.5 Å². The number of nitrogens with one attached hydrogen (secondary N) is 2. The molecule has 0 aromatic heterocycles. The third kappa shape index (κ3) is 6.40. The number of thiocarbonyl (C=S) groups is 1. The number of hydrogen-bond acceptors (Lipinski definition) is 5. The van der Waals surface area contributed by atoms with E-state index in [1.165, 1.54) is 0 Å². The van der Waals surface area contributed by atoms with Crippen molar-refractivity contribution in [1.82, 2.24) is 5.43 Å². The Bertz CT molecular complexity index is 781. The maximum Gasteiger partial charge on any atom is 0.262 e. The number of rotatable bonds is 8. The topological polar surface area (TPSA) is 98.0 Å². The van der Waals surface area contributed by atoms with Crippen LogP contribution in [0.3, 0.4) is 0 Å². The summed E-state index contributed by atoms with van der Waals surface area (Å²) in [6, 6.07) is 14.4. The van der Waals surface area contributed by atoms with Gasteiger partial charge in [0.2, 0.25) is 0 Å². The molecular weight excluding hydrogens is 352 g/mol. The summed E-state index contributed by atoms with van der Waals surface area (Å²) < 4.78 is 11.1. The Morgan fingerprint density at radius 1 is 1.19 bits per heavy atom. The smallest absolute Gasteiger partial charge is 0.262 e. The Morgan fingerprint density at radius 3 is 2.65 bits per heavy atom. The molecule has 8 heteroatoms. The van der Waals surface area contributed by atoms with Crippen LogP contribution in [0.4, 0.5) is 5.69 Å². The van der Waals surface area contributed by atoms with Crippen molar-refractivity contribution in [3.63, 3.8) is 0 Å².